The van der Waals surface area contributed by atoms with Gasteiger partial charge < -0.3 is 15.0 Å². The van der Waals surface area contributed by atoms with Crippen molar-refractivity contribution in [3.05, 3.63) is 125 Å². The van der Waals surface area contributed by atoms with Crippen LogP contribution in [0.4, 0.5) is 5.69 Å². The van der Waals surface area contributed by atoms with Gasteiger partial charge in [-0.05, 0) is 68.1 Å². The summed E-state index contributed by atoms with van der Waals surface area (Å²) in [5.74, 6) is -0.512. The van der Waals surface area contributed by atoms with Gasteiger partial charge in [-0.2, -0.15) is 0 Å². The Bertz CT molecular complexity index is 1740. The van der Waals surface area contributed by atoms with Crippen LogP contribution >= 0.6 is 0 Å². The summed E-state index contributed by atoms with van der Waals surface area (Å²) in [7, 11) is -2.78. The zero-order valence-corrected chi connectivity index (χ0v) is 28.0. The molecule has 4 rings (SSSR count). The molecule has 0 spiro atoms. The predicted octanol–water partition coefficient (Wildman–Crippen LogP) is 5.98. The second-order valence-corrected chi connectivity index (χ2v) is 13.4. The number of nitrogens with one attached hydrogen (secondary N) is 1. The van der Waals surface area contributed by atoms with Crippen LogP contribution in [0.25, 0.3) is 0 Å². The molecule has 0 saturated carbocycles. The molecule has 4 aromatic carbocycles. The van der Waals surface area contributed by atoms with Crippen LogP contribution in [0.15, 0.2) is 102 Å². The van der Waals surface area contributed by atoms with Gasteiger partial charge in [0, 0.05) is 19.5 Å². The van der Waals surface area contributed by atoms with E-state index in [0.717, 1.165) is 38.5 Å². The molecule has 1 atom stereocenters. The van der Waals surface area contributed by atoms with Gasteiger partial charge in [-0.15, -0.1) is 0 Å². The lowest BCUT2D eigenvalue weighted by molar-refractivity contribution is -0.140. The third-order valence-corrected chi connectivity index (χ3v) is 9.52. The number of hydrogen-bond acceptors (Lipinski definition) is 5. The Labute approximate surface area is 273 Å². The smallest absolute Gasteiger partial charge is 0.264 e. The average molecular weight is 642 g/mol. The van der Waals surface area contributed by atoms with Crippen LogP contribution in [-0.2, 0) is 32.6 Å². The van der Waals surface area contributed by atoms with Crippen molar-refractivity contribution in [2.24, 2.45) is 0 Å². The van der Waals surface area contributed by atoms with Gasteiger partial charge in [0.1, 0.15) is 18.3 Å². The average Bonchev–Trinajstić information content (AvgIpc) is 3.04. The molecule has 0 bridgehead atoms. The first-order valence-electron chi connectivity index (χ1n) is 15.4. The summed E-state index contributed by atoms with van der Waals surface area (Å²) in [5.41, 5.74) is 4.65. The van der Waals surface area contributed by atoms with Crippen molar-refractivity contribution >= 4 is 27.5 Å². The van der Waals surface area contributed by atoms with E-state index >= 15 is 0 Å². The minimum Gasteiger partial charge on any atom is -0.495 e. The van der Waals surface area contributed by atoms with Crippen molar-refractivity contribution in [3.8, 4) is 5.75 Å². The zero-order chi connectivity index (χ0) is 33.3. The number of ether oxygens (including phenoxy) is 1. The van der Waals surface area contributed by atoms with Gasteiger partial charge in [0.05, 0.1) is 17.7 Å². The second kappa shape index (κ2) is 15.6. The van der Waals surface area contributed by atoms with Gasteiger partial charge in [0.15, 0.2) is 0 Å². The van der Waals surface area contributed by atoms with Crippen LogP contribution in [0.2, 0.25) is 0 Å². The number of hydrogen-bond donors (Lipinski definition) is 1. The molecule has 1 N–H and O–H groups in total. The first-order chi connectivity index (χ1) is 22.0. The predicted molar refractivity (Wildman–Crippen MR) is 182 cm³/mol. The summed E-state index contributed by atoms with van der Waals surface area (Å²) < 4.78 is 35.4. The number of benzene rings is 4. The number of sulfonamides is 1. The van der Waals surface area contributed by atoms with Crippen LogP contribution in [-0.4, -0.2) is 51.4 Å². The van der Waals surface area contributed by atoms with Crippen molar-refractivity contribution in [3.63, 3.8) is 0 Å². The molecular weight excluding hydrogens is 598 g/mol. The number of amides is 2. The molecule has 0 radical (unpaired) electrons. The lowest BCUT2D eigenvalue weighted by atomic mass is 10.0. The lowest BCUT2D eigenvalue weighted by Crippen LogP contribution is -2.53. The number of aryl methyl sites for hydroxylation is 3. The highest BCUT2D eigenvalue weighted by molar-refractivity contribution is 7.92. The van der Waals surface area contributed by atoms with Gasteiger partial charge in [-0.3, -0.25) is 13.9 Å². The zero-order valence-electron chi connectivity index (χ0n) is 27.2. The first kappa shape index (κ1) is 34.2. The number of anilines is 1. The van der Waals surface area contributed by atoms with E-state index in [1.807, 2.05) is 88.4 Å². The van der Waals surface area contributed by atoms with Crippen molar-refractivity contribution in [2.75, 3.05) is 24.5 Å². The largest absolute Gasteiger partial charge is 0.495 e. The number of nitrogens with zero attached hydrogens (tertiary/aromatic N) is 2. The summed E-state index contributed by atoms with van der Waals surface area (Å²) in [4.78, 5) is 30.0. The van der Waals surface area contributed by atoms with E-state index in [0.29, 0.717) is 12.3 Å². The van der Waals surface area contributed by atoms with E-state index in [2.05, 4.69) is 5.32 Å². The molecule has 4 aromatic rings. The standard InChI is InChI=1S/C37H43N3O5S/c1-6-21-38-37(42)34(24-30-12-8-7-9-13-30)39(25-31-14-10-11-28(3)22-31)36(41)26-40(33-23-29(4)17-20-35(33)45-5)46(43,44)32-18-15-27(2)16-19-32/h7-20,22-23,34H,6,21,24-26H2,1-5H3,(H,38,42). The number of carbonyl (C=O) groups excluding carboxylic acids is 2. The number of methoxy groups -OCH3 is 1. The van der Waals surface area contributed by atoms with Crippen LogP contribution in [0.5, 0.6) is 5.75 Å². The van der Waals surface area contributed by atoms with Crippen molar-refractivity contribution in [2.45, 2.75) is 58.0 Å². The molecule has 8 nitrogen and oxygen atoms in total. The fourth-order valence-corrected chi connectivity index (χ4v) is 6.69. The topological polar surface area (TPSA) is 96.0 Å². The molecule has 0 fully saturated rings. The van der Waals surface area contributed by atoms with Crippen molar-refractivity contribution in [1.29, 1.82) is 0 Å². The lowest BCUT2D eigenvalue weighted by Gasteiger charge is -2.34. The Balaban J connectivity index is 1.85. The molecular formula is C37H43N3O5S. The Morgan fingerprint density at radius 2 is 1.46 bits per heavy atom. The molecule has 0 heterocycles. The Kier molecular flexibility index (Phi) is 11.6. The highest BCUT2D eigenvalue weighted by atomic mass is 32.2. The van der Waals surface area contributed by atoms with Crippen molar-refractivity contribution in [1.82, 2.24) is 10.2 Å². The maximum absolute atomic E-state index is 14.6. The van der Waals surface area contributed by atoms with E-state index in [1.54, 1.807) is 24.3 Å². The number of carbonyl (C=O) groups is 2. The molecule has 1 unspecified atom stereocenters. The molecule has 242 valence electrons. The molecule has 0 aliphatic heterocycles. The highest BCUT2D eigenvalue weighted by Crippen LogP contribution is 2.34. The van der Waals surface area contributed by atoms with Gasteiger partial charge >= 0.3 is 0 Å². The summed E-state index contributed by atoms with van der Waals surface area (Å²) >= 11 is 0. The normalized spacial score (nSPS) is 11.8. The minimum atomic E-state index is -4.24. The second-order valence-electron chi connectivity index (χ2n) is 11.5. The van der Waals surface area contributed by atoms with Gasteiger partial charge in [0.25, 0.3) is 10.0 Å². The fraction of sp³-hybridized carbons (Fsp3) is 0.297. The Hall–Kier alpha value is -4.63. The van der Waals surface area contributed by atoms with Crippen LogP contribution in [0, 0.1) is 20.8 Å². The molecule has 0 aliphatic rings. The third kappa shape index (κ3) is 8.54. The minimum absolute atomic E-state index is 0.0428. The summed E-state index contributed by atoms with van der Waals surface area (Å²) in [6, 6.07) is 28.1. The quantitative estimate of drug-likeness (QED) is 0.183. The summed E-state index contributed by atoms with van der Waals surface area (Å²) in [6.07, 6.45) is 0.984. The van der Waals surface area contributed by atoms with E-state index in [1.165, 1.54) is 24.1 Å². The highest BCUT2D eigenvalue weighted by Gasteiger charge is 2.35. The molecule has 0 aromatic heterocycles. The Morgan fingerprint density at radius 3 is 2.11 bits per heavy atom. The first-order valence-corrected chi connectivity index (χ1v) is 16.9. The van der Waals surface area contributed by atoms with Gasteiger partial charge in [0.2, 0.25) is 11.8 Å². The summed E-state index contributed by atoms with van der Waals surface area (Å²) in [5, 5.41) is 2.97. The van der Waals surface area contributed by atoms with E-state index in [9.17, 15) is 18.0 Å². The third-order valence-electron chi connectivity index (χ3n) is 7.75. The van der Waals surface area contributed by atoms with Gasteiger partial charge in [-0.1, -0.05) is 90.8 Å². The maximum Gasteiger partial charge on any atom is 0.264 e. The maximum atomic E-state index is 14.6. The SMILES string of the molecule is CCCNC(=O)C(Cc1ccccc1)N(Cc1cccc(C)c1)C(=O)CN(c1cc(C)ccc1OC)S(=O)(=O)c1ccc(C)cc1. The van der Waals surface area contributed by atoms with E-state index in [-0.39, 0.29) is 29.5 Å². The summed E-state index contributed by atoms with van der Waals surface area (Å²) in [6.45, 7) is 7.66. The molecule has 2 amide bonds. The van der Waals surface area contributed by atoms with Crippen molar-refractivity contribution < 1.29 is 22.7 Å². The molecule has 46 heavy (non-hydrogen) atoms. The van der Waals surface area contributed by atoms with Crippen LogP contribution in [0.1, 0.15) is 41.2 Å². The number of rotatable bonds is 14. The van der Waals surface area contributed by atoms with Crippen LogP contribution < -0.4 is 14.4 Å². The van der Waals surface area contributed by atoms with Crippen LogP contribution in [0.3, 0.4) is 0 Å². The van der Waals surface area contributed by atoms with E-state index < -0.39 is 28.5 Å². The fourth-order valence-electron chi connectivity index (χ4n) is 5.27. The Morgan fingerprint density at radius 1 is 0.804 bits per heavy atom. The molecule has 0 saturated heterocycles. The molecule has 0 aliphatic carbocycles. The monoisotopic (exact) mass is 641 g/mol. The van der Waals surface area contributed by atoms with E-state index in [4.69, 9.17) is 4.74 Å². The van der Waals surface area contributed by atoms with Gasteiger partial charge in [-0.25, -0.2) is 8.42 Å². The molecule has 9 heteroatoms.